The first-order valence-corrected chi connectivity index (χ1v) is 7.65. The molecule has 1 aromatic heterocycles. The highest BCUT2D eigenvalue weighted by Crippen LogP contribution is 2.20. The second kappa shape index (κ2) is 7.43. The summed E-state index contributed by atoms with van der Waals surface area (Å²) in [4.78, 5) is 0. The first-order chi connectivity index (χ1) is 9.25. The van der Waals surface area contributed by atoms with Crippen molar-refractivity contribution in [3.8, 4) is 0 Å². The second-order valence-electron chi connectivity index (χ2n) is 4.95. The Morgan fingerprint density at radius 1 is 1.21 bits per heavy atom. The molecular weight excluding hydrogens is 254 g/mol. The number of nitrogens with one attached hydrogen (secondary N) is 1. The van der Waals surface area contributed by atoms with Crippen molar-refractivity contribution >= 4 is 11.3 Å². The molecule has 0 amide bonds. The molecule has 2 unspecified atom stereocenters. The lowest BCUT2D eigenvalue weighted by Crippen LogP contribution is -2.23. The van der Waals surface area contributed by atoms with Crippen LogP contribution in [-0.2, 0) is 6.54 Å². The van der Waals surface area contributed by atoms with Crippen LogP contribution in [0.2, 0.25) is 0 Å². The highest BCUT2D eigenvalue weighted by atomic mass is 32.1. The molecule has 2 atom stereocenters. The summed E-state index contributed by atoms with van der Waals surface area (Å²) >= 11 is 1.73. The fraction of sp³-hybridized carbons (Fsp3) is 0.375. The number of aliphatic hydroxyl groups is 1. The van der Waals surface area contributed by atoms with Crippen LogP contribution in [-0.4, -0.2) is 17.8 Å². The third kappa shape index (κ3) is 4.78. The molecule has 2 N–H and O–H groups in total. The number of benzene rings is 1. The molecule has 2 aromatic rings. The van der Waals surface area contributed by atoms with Gasteiger partial charge in [0.1, 0.15) is 0 Å². The minimum Gasteiger partial charge on any atom is -0.393 e. The van der Waals surface area contributed by atoms with E-state index in [-0.39, 0.29) is 6.10 Å². The van der Waals surface area contributed by atoms with Crippen molar-refractivity contribution in [3.05, 3.63) is 58.3 Å². The standard InChI is InChI=1S/C16H21NOS/c1-13(18)9-16(15-5-3-2-4-6-15)11-17-10-14-7-8-19-12-14/h2-8,12-13,16-18H,9-11H2,1H3. The topological polar surface area (TPSA) is 32.3 Å². The highest BCUT2D eigenvalue weighted by molar-refractivity contribution is 7.07. The minimum absolute atomic E-state index is 0.270. The van der Waals surface area contributed by atoms with E-state index in [0.29, 0.717) is 5.92 Å². The van der Waals surface area contributed by atoms with E-state index in [0.717, 1.165) is 19.5 Å². The Morgan fingerprint density at radius 3 is 2.63 bits per heavy atom. The quantitative estimate of drug-likeness (QED) is 0.812. The monoisotopic (exact) mass is 275 g/mol. The maximum absolute atomic E-state index is 9.64. The molecular formula is C16H21NOS. The zero-order valence-corrected chi connectivity index (χ0v) is 12.1. The molecule has 0 aliphatic rings. The van der Waals surface area contributed by atoms with Gasteiger partial charge in [0.15, 0.2) is 0 Å². The van der Waals surface area contributed by atoms with Crippen LogP contribution in [0, 0.1) is 0 Å². The number of hydrogen-bond donors (Lipinski definition) is 2. The fourth-order valence-corrected chi connectivity index (χ4v) is 2.93. The van der Waals surface area contributed by atoms with Crippen LogP contribution in [0.4, 0.5) is 0 Å². The minimum atomic E-state index is -0.270. The van der Waals surface area contributed by atoms with Gasteiger partial charge in [-0.1, -0.05) is 30.3 Å². The van der Waals surface area contributed by atoms with E-state index < -0.39 is 0 Å². The molecule has 0 aliphatic heterocycles. The van der Waals surface area contributed by atoms with E-state index in [4.69, 9.17) is 0 Å². The van der Waals surface area contributed by atoms with E-state index >= 15 is 0 Å². The van der Waals surface area contributed by atoms with E-state index in [9.17, 15) is 5.11 Å². The number of thiophene rings is 1. The predicted octanol–water partition coefficient (Wildman–Crippen LogP) is 3.39. The largest absolute Gasteiger partial charge is 0.393 e. The van der Waals surface area contributed by atoms with Gasteiger partial charge < -0.3 is 10.4 Å². The van der Waals surface area contributed by atoms with Crippen molar-refractivity contribution in [2.45, 2.75) is 31.9 Å². The van der Waals surface area contributed by atoms with Crippen LogP contribution in [0.5, 0.6) is 0 Å². The molecule has 0 radical (unpaired) electrons. The van der Waals surface area contributed by atoms with Crippen LogP contribution in [0.25, 0.3) is 0 Å². The Labute approximate surface area is 119 Å². The number of hydrogen-bond acceptors (Lipinski definition) is 3. The zero-order valence-electron chi connectivity index (χ0n) is 11.3. The smallest absolute Gasteiger partial charge is 0.0518 e. The Kier molecular flexibility index (Phi) is 5.58. The Bertz CT molecular complexity index is 453. The first-order valence-electron chi connectivity index (χ1n) is 6.70. The number of aliphatic hydroxyl groups excluding tert-OH is 1. The molecule has 3 heteroatoms. The maximum atomic E-state index is 9.64. The van der Waals surface area contributed by atoms with Gasteiger partial charge >= 0.3 is 0 Å². The fourth-order valence-electron chi connectivity index (χ4n) is 2.26. The van der Waals surface area contributed by atoms with E-state index in [2.05, 4.69) is 46.4 Å². The SMILES string of the molecule is CC(O)CC(CNCc1ccsc1)c1ccccc1. The summed E-state index contributed by atoms with van der Waals surface area (Å²) in [6, 6.07) is 12.6. The molecule has 2 rings (SSSR count). The summed E-state index contributed by atoms with van der Waals surface area (Å²) in [6.45, 7) is 3.65. The van der Waals surface area contributed by atoms with E-state index in [1.807, 2.05) is 13.0 Å². The van der Waals surface area contributed by atoms with Crippen LogP contribution < -0.4 is 5.32 Å². The number of rotatable bonds is 7. The Hall–Kier alpha value is -1.16. The first kappa shape index (κ1) is 14.3. The van der Waals surface area contributed by atoms with Gasteiger partial charge in [-0.15, -0.1) is 0 Å². The zero-order chi connectivity index (χ0) is 13.5. The average Bonchev–Trinajstić information content (AvgIpc) is 2.91. The van der Waals surface area contributed by atoms with Crippen molar-refractivity contribution in [1.29, 1.82) is 0 Å². The lowest BCUT2D eigenvalue weighted by Gasteiger charge is -2.19. The van der Waals surface area contributed by atoms with Crippen LogP contribution in [0.3, 0.4) is 0 Å². The molecule has 0 aliphatic carbocycles. The predicted molar refractivity (Wildman–Crippen MR) is 81.5 cm³/mol. The van der Waals surface area contributed by atoms with Crippen LogP contribution >= 0.6 is 11.3 Å². The van der Waals surface area contributed by atoms with Crippen molar-refractivity contribution in [1.82, 2.24) is 5.32 Å². The summed E-state index contributed by atoms with van der Waals surface area (Å²) in [5.74, 6) is 0.361. The van der Waals surface area contributed by atoms with Gasteiger partial charge in [0.05, 0.1) is 6.10 Å². The van der Waals surface area contributed by atoms with Gasteiger partial charge in [-0.05, 0) is 47.2 Å². The van der Waals surface area contributed by atoms with Crippen LogP contribution in [0.15, 0.2) is 47.2 Å². The van der Waals surface area contributed by atoms with Crippen molar-refractivity contribution in [3.63, 3.8) is 0 Å². The van der Waals surface area contributed by atoms with Crippen molar-refractivity contribution in [2.24, 2.45) is 0 Å². The lowest BCUT2D eigenvalue weighted by atomic mass is 9.93. The Morgan fingerprint density at radius 2 is 2.00 bits per heavy atom. The van der Waals surface area contributed by atoms with Gasteiger partial charge in [-0.25, -0.2) is 0 Å². The summed E-state index contributed by atoms with van der Waals surface area (Å²) in [5, 5.41) is 17.4. The molecule has 2 nitrogen and oxygen atoms in total. The summed E-state index contributed by atoms with van der Waals surface area (Å²) in [5.41, 5.74) is 2.62. The van der Waals surface area contributed by atoms with Crippen LogP contribution in [0.1, 0.15) is 30.4 Å². The molecule has 1 heterocycles. The highest BCUT2D eigenvalue weighted by Gasteiger charge is 2.13. The van der Waals surface area contributed by atoms with Crippen molar-refractivity contribution in [2.75, 3.05) is 6.54 Å². The van der Waals surface area contributed by atoms with Gasteiger partial charge in [0.2, 0.25) is 0 Å². The lowest BCUT2D eigenvalue weighted by molar-refractivity contribution is 0.173. The normalized spacial score (nSPS) is 14.2. The summed E-state index contributed by atoms with van der Waals surface area (Å²) in [6.07, 6.45) is 0.522. The molecule has 0 fully saturated rings. The molecule has 102 valence electrons. The van der Waals surface area contributed by atoms with Gasteiger partial charge in [0, 0.05) is 13.1 Å². The molecule has 0 saturated carbocycles. The summed E-state index contributed by atoms with van der Waals surface area (Å²) in [7, 11) is 0. The third-order valence-corrected chi connectivity index (χ3v) is 3.93. The van der Waals surface area contributed by atoms with E-state index in [1.165, 1.54) is 11.1 Å². The second-order valence-corrected chi connectivity index (χ2v) is 5.73. The summed E-state index contributed by atoms with van der Waals surface area (Å²) < 4.78 is 0. The Balaban J connectivity index is 1.91. The molecule has 0 spiro atoms. The molecule has 19 heavy (non-hydrogen) atoms. The van der Waals surface area contributed by atoms with E-state index in [1.54, 1.807) is 11.3 Å². The van der Waals surface area contributed by atoms with Gasteiger partial charge in [-0.3, -0.25) is 0 Å². The van der Waals surface area contributed by atoms with Gasteiger partial charge in [-0.2, -0.15) is 11.3 Å². The van der Waals surface area contributed by atoms with Crippen molar-refractivity contribution < 1.29 is 5.11 Å². The third-order valence-electron chi connectivity index (χ3n) is 3.20. The molecule has 1 aromatic carbocycles. The average molecular weight is 275 g/mol. The maximum Gasteiger partial charge on any atom is 0.0518 e. The van der Waals surface area contributed by atoms with Gasteiger partial charge in [0.25, 0.3) is 0 Å². The molecule has 0 bridgehead atoms. The molecule has 0 saturated heterocycles.